The molecule has 2 aromatic rings. The zero-order valence-electron chi connectivity index (χ0n) is 9.92. The maximum Gasteiger partial charge on any atom is 0.0620 e. The van der Waals surface area contributed by atoms with Gasteiger partial charge in [-0.25, -0.2) is 0 Å². The Morgan fingerprint density at radius 2 is 1.76 bits per heavy atom. The average molecular weight is 291 g/mol. The number of hydrogen-bond donors (Lipinski definition) is 2. The number of halogens is 1. The van der Waals surface area contributed by atoms with Gasteiger partial charge in [0.05, 0.1) is 11.4 Å². The number of rotatable bonds is 2. The van der Waals surface area contributed by atoms with Crippen molar-refractivity contribution < 1.29 is 0 Å². The second kappa shape index (κ2) is 4.80. The molecule has 2 rings (SSSR count). The van der Waals surface area contributed by atoms with Gasteiger partial charge in [0, 0.05) is 10.2 Å². The van der Waals surface area contributed by atoms with Crippen LogP contribution in [0, 0.1) is 13.8 Å². The van der Waals surface area contributed by atoms with E-state index < -0.39 is 0 Å². The van der Waals surface area contributed by atoms with Gasteiger partial charge in [-0.2, -0.15) is 0 Å². The molecule has 0 bridgehead atoms. The van der Waals surface area contributed by atoms with E-state index in [0.717, 1.165) is 27.1 Å². The van der Waals surface area contributed by atoms with Crippen molar-refractivity contribution in [2.45, 2.75) is 13.8 Å². The van der Waals surface area contributed by atoms with Crippen LogP contribution < -0.4 is 11.1 Å². The summed E-state index contributed by atoms with van der Waals surface area (Å²) in [5.41, 5.74) is 11.1. The first-order chi connectivity index (χ1) is 8.08. The van der Waals surface area contributed by atoms with Gasteiger partial charge in [-0.3, -0.25) is 0 Å². The topological polar surface area (TPSA) is 38.0 Å². The molecular formula is C14H15BrN2. The summed E-state index contributed by atoms with van der Waals surface area (Å²) in [4.78, 5) is 0. The van der Waals surface area contributed by atoms with Crippen molar-refractivity contribution in [3.8, 4) is 0 Å². The van der Waals surface area contributed by atoms with Crippen LogP contribution in [0.3, 0.4) is 0 Å². The Hall–Kier alpha value is -1.48. The number of anilines is 3. The maximum atomic E-state index is 6.04. The fourth-order valence-corrected chi connectivity index (χ4v) is 2.18. The normalized spacial score (nSPS) is 10.3. The third kappa shape index (κ3) is 2.61. The molecule has 3 N–H and O–H groups in total. The monoisotopic (exact) mass is 290 g/mol. The Kier molecular flexibility index (Phi) is 3.38. The molecule has 2 nitrogen and oxygen atoms in total. The zero-order valence-corrected chi connectivity index (χ0v) is 11.5. The number of nitrogens with one attached hydrogen (secondary N) is 1. The number of nitrogen functional groups attached to an aromatic ring is 1. The highest BCUT2D eigenvalue weighted by molar-refractivity contribution is 9.10. The van der Waals surface area contributed by atoms with Crippen LogP contribution in [0.1, 0.15) is 11.1 Å². The summed E-state index contributed by atoms with van der Waals surface area (Å²) in [5, 5.41) is 3.36. The van der Waals surface area contributed by atoms with Gasteiger partial charge in [-0.1, -0.05) is 28.1 Å². The maximum absolute atomic E-state index is 6.04. The summed E-state index contributed by atoms with van der Waals surface area (Å²) in [6.07, 6.45) is 0. The van der Waals surface area contributed by atoms with Gasteiger partial charge in [0.1, 0.15) is 0 Å². The van der Waals surface area contributed by atoms with Crippen molar-refractivity contribution in [3.05, 3.63) is 52.0 Å². The summed E-state index contributed by atoms with van der Waals surface area (Å²) in [6.45, 7) is 4.08. The van der Waals surface area contributed by atoms with Gasteiger partial charge in [0.15, 0.2) is 0 Å². The van der Waals surface area contributed by atoms with Crippen LogP contribution in [0.4, 0.5) is 17.1 Å². The van der Waals surface area contributed by atoms with E-state index in [-0.39, 0.29) is 0 Å². The standard InChI is InChI=1S/C14H15BrN2/c1-9-4-3-5-13(14(9)16)17-12-7-6-11(15)8-10(12)2/h3-8,17H,16H2,1-2H3. The molecule has 0 aliphatic rings. The highest BCUT2D eigenvalue weighted by Crippen LogP contribution is 2.28. The first kappa shape index (κ1) is 12.0. The molecule has 0 saturated carbocycles. The van der Waals surface area contributed by atoms with Crippen LogP contribution >= 0.6 is 15.9 Å². The summed E-state index contributed by atoms with van der Waals surface area (Å²) in [6, 6.07) is 12.1. The molecule has 0 aromatic heterocycles. The molecule has 0 saturated heterocycles. The molecule has 0 radical (unpaired) electrons. The van der Waals surface area contributed by atoms with E-state index in [1.54, 1.807) is 0 Å². The lowest BCUT2D eigenvalue weighted by atomic mass is 10.1. The number of para-hydroxylation sites is 1. The molecule has 3 heteroatoms. The van der Waals surface area contributed by atoms with Crippen LogP contribution in [-0.4, -0.2) is 0 Å². The Bertz CT molecular complexity index is 550. The van der Waals surface area contributed by atoms with E-state index in [2.05, 4.69) is 34.2 Å². The fraction of sp³-hybridized carbons (Fsp3) is 0.143. The molecule has 0 unspecified atom stereocenters. The van der Waals surface area contributed by atoms with Gasteiger partial charge < -0.3 is 11.1 Å². The molecule has 0 fully saturated rings. The van der Waals surface area contributed by atoms with Gasteiger partial charge in [0.2, 0.25) is 0 Å². The molecule has 88 valence electrons. The predicted octanol–water partition coefficient (Wildman–Crippen LogP) is 4.39. The molecule has 0 amide bonds. The van der Waals surface area contributed by atoms with Crippen LogP contribution in [0.2, 0.25) is 0 Å². The van der Waals surface area contributed by atoms with E-state index in [9.17, 15) is 0 Å². The first-order valence-electron chi connectivity index (χ1n) is 5.46. The van der Waals surface area contributed by atoms with Crippen LogP contribution in [-0.2, 0) is 0 Å². The lowest BCUT2D eigenvalue weighted by Gasteiger charge is -2.13. The summed E-state index contributed by atoms with van der Waals surface area (Å²) >= 11 is 3.46. The smallest absolute Gasteiger partial charge is 0.0620 e. The second-order valence-electron chi connectivity index (χ2n) is 4.12. The molecule has 17 heavy (non-hydrogen) atoms. The van der Waals surface area contributed by atoms with E-state index in [1.807, 2.05) is 37.3 Å². The van der Waals surface area contributed by atoms with Crippen LogP contribution in [0.5, 0.6) is 0 Å². The minimum atomic E-state index is 0.801. The summed E-state index contributed by atoms with van der Waals surface area (Å²) in [7, 11) is 0. The van der Waals surface area contributed by atoms with Crippen molar-refractivity contribution in [2.24, 2.45) is 0 Å². The van der Waals surface area contributed by atoms with E-state index in [1.165, 1.54) is 5.56 Å². The molecule has 0 heterocycles. The van der Waals surface area contributed by atoms with Gasteiger partial charge in [0.25, 0.3) is 0 Å². The molecule has 0 atom stereocenters. The van der Waals surface area contributed by atoms with Gasteiger partial charge in [-0.15, -0.1) is 0 Å². The quantitative estimate of drug-likeness (QED) is 0.805. The molecule has 2 aromatic carbocycles. The Labute approximate surface area is 110 Å². The summed E-state index contributed by atoms with van der Waals surface area (Å²) in [5.74, 6) is 0. The second-order valence-corrected chi connectivity index (χ2v) is 5.04. The van der Waals surface area contributed by atoms with Gasteiger partial charge >= 0.3 is 0 Å². The van der Waals surface area contributed by atoms with Crippen LogP contribution in [0.25, 0.3) is 0 Å². The van der Waals surface area contributed by atoms with Crippen molar-refractivity contribution in [1.82, 2.24) is 0 Å². The molecule has 0 spiro atoms. The van der Waals surface area contributed by atoms with E-state index in [0.29, 0.717) is 0 Å². The first-order valence-corrected chi connectivity index (χ1v) is 6.25. The van der Waals surface area contributed by atoms with Crippen molar-refractivity contribution in [2.75, 3.05) is 11.1 Å². The minimum Gasteiger partial charge on any atom is -0.397 e. The summed E-state index contributed by atoms with van der Waals surface area (Å²) < 4.78 is 1.08. The third-order valence-electron chi connectivity index (χ3n) is 2.78. The number of aryl methyl sites for hydroxylation is 2. The SMILES string of the molecule is Cc1cc(Br)ccc1Nc1cccc(C)c1N. The Balaban J connectivity index is 2.35. The predicted molar refractivity (Wildman–Crippen MR) is 77.8 cm³/mol. The van der Waals surface area contributed by atoms with Crippen molar-refractivity contribution in [1.29, 1.82) is 0 Å². The molecular weight excluding hydrogens is 276 g/mol. The Morgan fingerprint density at radius 1 is 1.00 bits per heavy atom. The number of nitrogens with two attached hydrogens (primary N) is 1. The fourth-order valence-electron chi connectivity index (χ4n) is 1.70. The van der Waals surface area contributed by atoms with E-state index in [4.69, 9.17) is 5.73 Å². The van der Waals surface area contributed by atoms with Crippen molar-refractivity contribution in [3.63, 3.8) is 0 Å². The number of hydrogen-bond acceptors (Lipinski definition) is 2. The average Bonchev–Trinajstić information content (AvgIpc) is 2.28. The van der Waals surface area contributed by atoms with Crippen LogP contribution in [0.15, 0.2) is 40.9 Å². The van der Waals surface area contributed by atoms with E-state index >= 15 is 0 Å². The highest BCUT2D eigenvalue weighted by atomic mass is 79.9. The Morgan fingerprint density at radius 3 is 2.47 bits per heavy atom. The zero-order chi connectivity index (χ0) is 12.4. The highest BCUT2D eigenvalue weighted by Gasteiger charge is 2.04. The third-order valence-corrected chi connectivity index (χ3v) is 3.28. The molecule has 0 aliphatic carbocycles. The number of benzene rings is 2. The lowest BCUT2D eigenvalue weighted by molar-refractivity contribution is 1.40. The minimum absolute atomic E-state index is 0.801. The molecule has 0 aliphatic heterocycles. The lowest BCUT2D eigenvalue weighted by Crippen LogP contribution is -1.99. The largest absolute Gasteiger partial charge is 0.397 e. The van der Waals surface area contributed by atoms with Crippen molar-refractivity contribution >= 4 is 33.0 Å². The van der Waals surface area contributed by atoms with Gasteiger partial charge in [-0.05, 0) is 49.2 Å².